The van der Waals surface area contributed by atoms with Gasteiger partial charge in [-0.3, -0.25) is 4.79 Å². The Morgan fingerprint density at radius 3 is 2.93 bits per heavy atom. The third-order valence-electron chi connectivity index (χ3n) is 1.63. The highest BCUT2D eigenvalue weighted by Gasteiger charge is 2.11. The number of nitrogens with zero attached hydrogens (tertiary/aromatic N) is 2. The van der Waals surface area contributed by atoms with Crippen LogP contribution >= 0.6 is 15.9 Å². The van der Waals surface area contributed by atoms with Crippen molar-refractivity contribution in [3.63, 3.8) is 0 Å². The molecule has 0 aromatic carbocycles. The summed E-state index contributed by atoms with van der Waals surface area (Å²) in [6.07, 6.45) is 4.96. The average molecular weight is 271 g/mol. The van der Waals surface area contributed by atoms with Gasteiger partial charge in [0.1, 0.15) is 4.60 Å². The van der Waals surface area contributed by atoms with E-state index in [4.69, 9.17) is 5.73 Å². The SMILES string of the molecule is C=CCC(N)C(=O)Nc1cnc(Br)cn1. The first-order chi connectivity index (χ1) is 7.13. The Morgan fingerprint density at radius 2 is 2.40 bits per heavy atom. The molecule has 0 spiro atoms. The molecule has 3 N–H and O–H groups in total. The Balaban J connectivity index is 2.58. The summed E-state index contributed by atoms with van der Waals surface area (Å²) in [6.45, 7) is 3.51. The number of hydrogen-bond donors (Lipinski definition) is 2. The van der Waals surface area contributed by atoms with Crippen LogP contribution < -0.4 is 11.1 Å². The normalized spacial score (nSPS) is 11.9. The number of rotatable bonds is 4. The van der Waals surface area contributed by atoms with Gasteiger partial charge in [0.2, 0.25) is 5.91 Å². The van der Waals surface area contributed by atoms with Gasteiger partial charge in [-0.15, -0.1) is 6.58 Å². The molecular weight excluding hydrogens is 260 g/mol. The number of amides is 1. The second kappa shape index (κ2) is 5.57. The van der Waals surface area contributed by atoms with Crippen LogP contribution in [0.4, 0.5) is 5.82 Å². The van der Waals surface area contributed by atoms with Crippen molar-refractivity contribution in [2.75, 3.05) is 5.32 Å². The molecule has 0 aliphatic rings. The Labute approximate surface area is 95.9 Å². The van der Waals surface area contributed by atoms with Crippen LogP contribution in [0.3, 0.4) is 0 Å². The number of hydrogen-bond acceptors (Lipinski definition) is 4. The summed E-state index contributed by atoms with van der Waals surface area (Å²) in [5.74, 6) is 0.0780. The number of carbonyl (C=O) groups excluding carboxylic acids is 1. The zero-order chi connectivity index (χ0) is 11.3. The predicted molar refractivity (Wildman–Crippen MR) is 61.2 cm³/mol. The minimum Gasteiger partial charge on any atom is -0.320 e. The summed E-state index contributed by atoms with van der Waals surface area (Å²) in [6, 6.07) is -0.604. The maximum atomic E-state index is 11.4. The van der Waals surface area contributed by atoms with Crippen molar-refractivity contribution in [1.29, 1.82) is 0 Å². The van der Waals surface area contributed by atoms with Crippen LogP contribution in [0.15, 0.2) is 29.7 Å². The van der Waals surface area contributed by atoms with Crippen molar-refractivity contribution in [3.8, 4) is 0 Å². The van der Waals surface area contributed by atoms with E-state index in [0.717, 1.165) is 0 Å². The highest BCUT2D eigenvalue weighted by Crippen LogP contribution is 2.06. The smallest absolute Gasteiger partial charge is 0.242 e. The van der Waals surface area contributed by atoms with Gasteiger partial charge in [-0.25, -0.2) is 9.97 Å². The van der Waals surface area contributed by atoms with Crippen LogP contribution in [-0.2, 0) is 4.79 Å². The number of nitrogens with one attached hydrogen (secondary N) is 1. The molecule has 1 unspecified atom stereocenters. The Bertz CT molecular complexity index is 352. The van der Waals surface area contributed by atoms with Crippen molar-refractivity contribution < 1.29 is 4.79 Å². The first kappa shape index (κ1) is 11.8. The number of nitrogens with two attached hydrogens (primary N) is 1. The quantitative estimate of drug-likeness (QED) is 0.803. The van der Waals surface area contributed by atoms with E-state index < -0.39 is 6.04 Å². The van der Waals surface area contributed by atoms with Crippen LogP contribution in [-0.4, -0.2) is 21.9 Å². The van der Waals surface area contributed by atoms with Crippen LogP contribution in [0.2, 0.25) is 0 Å². The maximum Gasteiger partial charge on any atom is 0.242 e. The topological polar surface area (TPSA) is 80.9 Å². The first-order valence-corrected chi connectivity index (χ1v) is 5.07. The summed E-state index contributed by atoms with van der Waals surface area (Å²) >= 11 is 3.14. The van der Waals surface area contributed by atoms with E-state index >= 15 is 0 Å². The lowest BCUT2D eigenvalue weighted by atomic mass is 10.2. The van der Waals surface area contributed by atoms with Gasteiger partial charge in [0.25, 0.3) is 0 Å². The van der Waals surface area contributed by atoms with E-state index in [9.17, 15) is 4.79 Å². The third kappa shape index (κ3) is 3.77. The molecule has 1 rings (SSSR count). The number of aromatic nitrogens is 2. The van der Waals surface area contributed by atoms with Crippen LogP contribution in [0.1, 0.15) is 6.42 Å². The zero-order valence-electron chi connectivity index (χ0n) is 7.98. The highest BCUT2D eigenvalue weighted by molar-refractivity contribution is 9.10. The maximum absolute atomic E-state index is 11.4. The fourth-order valence-corrected chi connectivity index (χ4v) is 1.09. The standard InChI is InChI=1S/C9H11BrN4O/c1-2-3-6(11)9(15)14-8-5-12-7(10)4-13-8/h2,4-6H,1,3,11H2,(H,13,14,15). The van der Waals surface area contributed by atoms with Crippen molar-refractivity contribution >= 4 is 27.7 Å². The second-order valence-corrected chi connectivity index (χ2v) is 3.66. The molecule has 0 saturated carbocycles. The van der Waals surface area contributed by atoms with Crippen LogP contribution in [0.25, 0.3) is 0 Å². The molecule has 80 valence electrons. The van der Waals surface area contributed by atoms with E-state index in [1.807, 2.05) is 0 Å². The molecule has 5 nitrogen and oxygen atoms in total. The Morgan fingerprint density at radius 1 is 1.67 bits per heavy atom. The zero-order valence-corrected chi connectivity index (χ0v) is 9.57. The fraction of sp³-hybridized carbons (Fsp3) is 0.222. The minimum atomic E-state index is -0.604. The van der Waals surface area contributed by atoms with Gasteiger partial charge in [-0.1, -0.05) is 6.08 Å². The van der Waals surface area contributed by atoms with Gasteiger partial charge in [-0.05, 0) is 22.4 Å². The molecular formula is C9H11BrN4O. The lowest BCUT2D eigenvalue weighted by Gasteiger charge is -2.08. The molecule has 1 atom stereocenters. The third-order valence-corrected chi connectivity index (χ3v) is 2.04. The second-order valence-electron chi connectivity index (χ2n) is 2.84. The van der Waals surface area contributed by atoms with E-state index in [-0.39, 0.29) is 5.91 Å². The molecule has 1 aromatic heterocycles. The molecule has 0 bridgehead atoms. The summed E-state index contributed by atoms with van der Waals surface area (Å²) in [4.78, 5) is 19.3. The van der Waals surface area contributed by atoms with Crippen molar-refractivity contribution in [2.45, 2.75) is 12.5 Å². The number of halogens is 1. The number of anilines is 1. The van der Waals surface area contributed by atoms with E-state index in [2.05, 4.69) is 37.8 Å². The number of carbonyl (C=O) groups is 1. The van der Waals surface area contributed by atoms with E-state index in [1.54, 1.807) is 6.08 Å². The predicted octanol–water partition coefficient (Wildman–Crippen LogP) is 1.08. The van der Waals surface area contributed by atoms with Crippen molar-refractivity contribution in [3.05, 3.63) is 29.7 Å². The fourth-order valence-electron chi connectivity index (χ4n) is 0.882. The summed E-state index contributed by atoms with van der Waals surface area (Å²) < 4.78 is 0.607. The first-order valence-electron chi connectivity index (χ1n) is 4.28. The van der Waals surface area contributed by atoms with Gasteiger partial charge in [0.05, 0.1) is 18.4 Å². The monoisotopic (exact) mass is 270 g/mol. The van der Waals surface area contributed by atoms with Gasteiger partial charge < -0.3 is 11.1 Å². The van der Waals surface area contributed by atoms with Crippen LogP contribution in [0, 0.1) is 0 Å². The molecule has 0 aliphatic heterocycles. The Hall–Kier alpha value is -1.27. The largest absolute Gasteiger partial charge is 0.320 e. The molecule has 1 aromatic rings. The van der Waals surface area contributed by atoms with Crippen LogP contribution in [0.5, 0.6) is 0 Å². The molecule has 0 fully saturated rings. The van der Waals surface area contributed by atoms with E-state index in [1.165, 1.54) is 12.4 Å². The summed E-state index contributed by atoms with van der Waals surface area (Å²) in [5.41, 5.74) is 5.56. The molecule has 0 saturated heterocycles. The Kier molecular flexibility index (Phi) is 4.38. The summed E-state index contributed by atoms with van der Waals surface area (Å²) in [5, 5.41) is 2.55. The molecule has 1 amide bonds. The summed E-state index contributed by atoms with van der Waals surface area (Å²) in [7, 11) is 0. The average Bonchev–Trinajstić information content (AvgIpc) is 2.22. The van der Waals surface area contributed by atoms with Gasteiger partial charge in [0.15, 0.2) is 5.82 Å². The van der Waals surface area contributed by atoms with Crippen molar-refractivity contribution in [1.82, 2.24) is 9.97 Å². The molecule has 1 heterocycles. The molecule has 0 radical (unpaired) electrons. The lowest BCUT2D eigenvalue weighted by Crippen LogP contribution is -2.35. The molecule has 15 heavy (non-hydrogen) atoms. The van der Waals surface area contributed by atoms with E-state index in [0.29, 0.717) is 16.8 Å². The minimum absolute atomic E-state index is 0.300. The van der Waals surface area contributed by atoms with Gasteiger partial charge in [0, 0.05) is 0 Å². The van der Waals surface area contributed by atoms with Gasteiger partial charge in [-0.2, -0.15) is 0 Å². The molecule has 0 aliphatic carbocycles. The lowest BCUT2D eigenvalue weighted by molar-refractivity contribution is -0.117. The molecule has 6 heteroatoms. The van der Waals surface area contributed by atoms with Gasteiger partial charge >= 0.3 is 0 Å². The highest BCUT2D eigenvalue weighted by atomic mass is 79.9. The van der Waals surface area contributed by atoms with Crippen molar-refractivity contribution in [2.24, 2.45) is 5.73 Å².